The fraction of sp³-hybridized carbons (Fsp3) is 0.471. The van der Waals surface area contributed by atoms with Gasteiger partial charge in [0, 0.05) is 30.3 Å². The Balaban J connectivity index is 1.46. The molecule has 3 heterocycles. The van der Waals surface area contributed by atoms with Gasteiger partial charge in [0.05, 0.1) is 12.0 Å². The van der Waals surface area contributed by atoms with Gasteiger partial charge in [0.25, 0.3) is 0 Å². The molecule has 0 spiro atoms. The third kappa shape index (κ3) is 3.55. The average Bonchev–Trinajstić information content (AvgIpc) is 3.34. The lowest BCUT2D eigenvalue weighted by molar-refractivity contribution is -0.134. The van der Waals surface area contributed by atoms with Crippen molar-refractivity contribution in [3.8, 4) is 11.4 Å². The Morgan fingerprint density at radius 1 is 1.36 bits per heavy atom. The lowest BCUT2D eigenvalue weighted by Crippen LogP contribution is -2.48. The van der Waals surface area contributed by atoms with Gasteiger partial charge in [-0.15, -0.1) is 11.8 Å². The molecule has 2 saturated heterocycles. The van der Waals surface area contributed by atoms with Gasteiger partial charge in [-0.1, -0.05) is 5.16 Å². The molecule has 6 nitrogen and oxygen atoms in total. The molecule has 8 heteroatoms. The zero-order valence-corrected chi connectivity index (χ0v) is 14.5. The number of likely N-dealkylation sites (tertiary alicyclic amines) is 1. The van der Waals surface area contributed by atoms with Gasteiger partial charge in [0.15, 0.2) is 0 Å². The summed E-state index contributed by atoms with van der Waals surface area (Å²) in [7, 11) is 0. The molecular weight excluding hydrogens is 343 g/mol. The first-order valence-electron chi connectivity index (χ1n) is 8.40. The fourth-order valence-electron chi connectivity index (χ4n) is 3.27. The summed E-state index contributed by atoms with van der Waals surface area (Å²) >= 11 is 1.75. The van der Waals surface area contributed by atoms with Gasteiger partial charge < -0.3 is 9.42 Å². The van der Waals surface area contributed by atoms with Crippen molar-refractivity contribution in [1.29, 1.82) is 0 Å². The van der Waals surface area contributed by atoms with E-state index in [1.807, 2.05) is 4.90 Å². The highest BCUT2D eigenvalue weighted by molar-refractivity contribution is 7.99. The molecular formula is C17H19FN4O2S. The topological polar surface area (TPSA) is 71.3 Å². The zero-order valence-electron chi connectivity index (χ0n) is 13.7. The molecule has 2 aromatic rings. The minimum absolute atomic E-state index is 0.0495. The minimum Gasteiger partial charge on any atom is -0.341 e. The number of nitrogens with zero attached hydrogens (tertiary/aromatic N) is 3. The molecule has 4 rings (SSSR count). The number of halogens is 1. The van der Waals surface area contributed by atoms with Gasteiger partial charge in [-0.25, -0.2) is 4.39 Å². The van der Waals surface area contributed by atoms with Crippen molar-refractivity contribution >= 4 is 17.7 Å². The molecule has 2 aliphatic heterocycles. The van der Waals surface area contributed by atoms with Crippen LogP contribution in [0.1, 0.15) is 24.7 Å². The lowest BCUT2D eigenvalue weighted by Gasteiger charge is -2.32. The van der Waals surface area contributed by atoms with Gasteiger partial charge >= 0.3 is 0 Å². The summed E-state index contributed by atoms with van der Waals surface area (Å²) in [6, 6.07) is 5.92. The van der Waals surface area contributed by atoms with Crippen molar-refractivity contribution in [2.75, 3.05) is 24.7 Å². The van der Waals surface area contributed by atoms with E-state index in [1.165, 1.54) is 12.1 Å². The van der Waals surface area contributed by atoms with Crippen molar-refractivity contribution in [2.24, 2.45) is 0 Å². The molecule has 1 amide bonds. The van der Waals surface area contributed by atoms with E-state index in [1.54, 1.807) is 23.9 Å². The summed E-state index contributed by atoms with van der Waals surface area (Å²) in [5.41, 5.74) is 0.715. The van der Waals surface area contributed by atoms with E-state index in [4.69, 9.17) is 4.52 Å². The Bertz CT molecular complexity index is 745. The molecule has 1 aromatic heterocycles. The molecule has 2 aliphatic rings. The van der Waals surface area contributed by atoms with Gasteiger partial charge in [0.1, 0.15) is 5.82 Å². The van der Waals surface area contributed by atoms with E-state index >= 15 is 0 Å². The van der Waals surface area contributed by atoms with Crippen LogP contribution in [-0.2, 0) is 4.79 Å². The quantitative estimate of drug-likeness (QED) is 0.903. The molecule has 25 heavy (non-hydrogen) atoms. The summed E-state index contributed by atoms with van der Waals surface area (Å²) in [5, 5.41) is 7.24. The van der Waals surface area contributed by atoms with E-state index in [9.17, 15) is 9.18 Å². The van der Waals surface area contributed by atoms with E-state index in [0.29, 0.717) is 23.8 Å². The molecule has 2 atom stereocenters. The van der Waals surface area contributed by atoms with Crippen LogP contribution in [0.25, 0.3) is 11.4 Å². The standard InChI is InChI=1S/C17H19FN4O2S/c18-13-5-3-11(4-6-13)15-20-16(24-21-15)12-2-1-7-22(8-12)17(23)14-9-25-10-19-14/h3-6,12,14,19H,1-2,7-10H2. The van der Waals surface area contributed by atoms with E-state index < -0.39 is 0 Å². The first-order chi connectivity index (χ1) is 12.2. The second-order valence-electron chi connectivity index (χ2n) is 6.36. The number of hydrogen-bond acceptors (Lipinski definition) is 6. The van der Waals surface area contributed by atoms with Crippen molar-refractivity contribution in [2.45, 2.75) is 24.8 Å². The second kappa shape index (κ2) is 7.13. The maximum absolute atomic E-state index is 13.0. The highest BCUT2D eigenvalue weighted by Gasteiger charge is 2.33. The molecule has 2 unspecified atom stereocenters. The van der Waals surface area contributed by atoms with Crippen LogP contribution in [0.15, 0.2) is 28.8 Å². The number of carbonyl (C=O) groups is 1. The van der Waals surface area contributed by atoms with Crippen molar-refractivity contribution in [3.05, 3.63) is 36.0 Å². The molecule has 1 aromatic carbocycles. The largest absolute Gasteiger partial charge is 0.341 e. The van der Waals surface area contributed by atoms with Crippen LogP contribution in [0.4, 0.5) is 4.39 Å². The van der Waals surface area contributed by atoms with Crippen LogP contribution in [0.5, 0.6) is 0 Å². The summed E-state index contributed by atoms with van der Waals surface area (Å²) in [6.45, 7) is 1.38. The first kappa shape index (κ1) is 16.5. The summed E-state index contributed by atoms with van der Waals surface area (Å²) in [5.74, 6) is 2.57. The van der Waals surface area contributed by atoms with Crippen molar-refractivity contribution in [3.63, 3.8) is 0 Å². The summed E-state index contributed by atoms with van der Waals surface area (Å²) in [6.07, 6.45) is 1.84. The van der Waals surface area contributed by atoms with E-state index in [2.05, 4.69) is 15.5 Å². The highest BCUT2D eigenvalue weighted by atomic mass is 32.2. The Labute approximate surface area is 149 Å². The molecule has 0 aliphatic carbocycles. The zero-order chi connectivity index (χ0) is 17.2. The second-order valence-corrected chi connectivity index (χ2v) is 7.39. The summed E-state index contributed by atoms with van der Waals surface area (Å²) in [4.78, 5) is 19.0. The molecule has 0 bridgehead atoms. The van der Waals surface area contributed by atoms with Crippen LogP contribution in [0.2, 0.25) is 0 Å². The molecule has 2 fully saturated rings. The van der Waals surface area contributed by atoms with Crippen molar-refractivity contribution in [1.82, 2.24) is 20.4 Å². The average molecular weight is 362 g/mol. The smallest absolute Gasteiger partial charge is 0.240 e. The Morgan fingerprint density at radius 2 is 2.20 bits per heavy atom. The monoisotopic (exact) mass is 362 g/mol. The number of rotatable bonds is 3. The number of carbonyl (C=O) groups excluding carboxylic acids is 1. The fourth-order valence-corrected chi connectivity index (χ4v) is 4.20. The summed E-state index contributed by atoms with van der Waals surface area (Å²) < 4.78 is 18.5. The minimum atomic E-state index is -0.299. The number of piperidine rings is 1. The number of aromatic nitrogens is 2. The third-order valence-electron chi connectivity index (χ3n) is 4.64. The maximum Gasteiger partial charge on any atom is 0.240 e. The molecule has 0 radical (unpaired) electrons. The van der Waals surface area contributed by atoms with E-state index in [-0.39, 0.29) is 23.7 Å². The van der Waals surface area contributed by atoms with Crippen LogP contribution >= 0.6 is 11.8 Å². The molecule has 1 N–H and O–H groups in total. The highest BCUT2D eigenvalue weighted by Crippen LogP contribution is 2.28. The number of amides is 1. The lowest BCUT2D eigenvalue weighted by atomic mass is 9.97. The van der Waals surface area contributed by atoms with Crippen LogP contribution in [-0.4, -0.2) is 51.7 Å². The number of nitrogens with one attached hydrogen (secondary N) is 1. The maximum atomic E-state index is 13.0. The van der Waals surface area contributed by atoms with Crippen LogP contribution in [0, 0.1) is 5.82 Å². The van der Waals surface area contributed by atoms with Crippen molar-refractivity contribution < 1.29 is 13.7 Å². The number of thioether (sulfide) groups is 1. The number of benzene rings is 1. The van der Waals surface area contributed by atoms with Gasteiger partial charge in [0.2, 0.25) is 17.6 Å². The Hall–Kier alpha value is -1.93. The third-order valence-corrected chi connectivity index (χ3v) is 5.58. The predicted octanol–water partition coefficient (Wildman–Crippen LogP) is 2.24. The van der Waals surface area contributed by atoms with E-state index in [0.717, 1.165) is 31.0 Å². The number of hydrogen-bond donors (Lipinski definition) is 1. The van der Waals surface area contributed by atoms with Gasteiger partial charge in [-0.2, -0.15) is 4.98 Å². The van der Waals surface area contributed by atoms with Gasteiger partial charge in [-0.05, 0) is 37.1 Å². The van der Waals surface area contributed by atoms with Crippen LogP contribution < -0.4 is 5.32 Å². The Kier molecular flexibility index (Phi) is 4.72. The first-order valence-corrected chi connectivity index (χ1v) is 9.55. The normalized spacial score (nSPS) is 23.8. The molecule has 132 valence electrons. The van der Waals surface area contributed by atoms with Crippen LogP contribution in [0.3, 0.4) is 0 Å². The van der Waals surface area contributed by atoms with Gasteiger partial charge in [-0.3, -0.25) is 10.1 Å². The predicted molar refractivity (Wildman–Crippen MR) is 92.5 cm³/mol. The molecule has 0 saturated carbocycles. The SMILES string of the molecule is O=C(C1CSCN1)N1CCCC(c2nc(-c3ccc(F)cc3)no2)C1. The Morgan fingerprint density at radius 3 is 2.96 bits per heavy atom.